The van der Waals surface area contributed by atoms with Gasteiger partial charge in [-0.25, -0.2) is 4.79 Å². The van der Waals surface area contributed by atoms with Crippen LogP contribution in [0.3, 0.4) is 0 Å². The number of hydrogen-bond donors (Lipinski definition) is 2. The Hall–Kier alpha value is -1.96. The average Bonchev–Trinajstić information content (AvgIpc) is 2.37. The highest BCUT2D eigenvalue weighted by atomic mass is 35.5. The van der Waals surface area contributed by atoms with Crippen molar-refractivity contribution < 1.29 is 22.8 Å². The third kappa shape index (κ3) is 6.27. The molecule has 0 aliphatic rings. The topological polar surface area (TPSA) is 61.4 Å². The first-order valence-corrected chi connectivity index (χ1v) is 7.37. The molecule has 0 aliphatic carbocycles. The van der Waals surface area contributed by atoms with Gasteiger partial charge in [-0.15, -0.1) is 0 Å². The Morgan fingerprint density at radius 1 is 1.21 bits per heavy atom. The van der Waals surface area contributed by atoms with Gasteiger partial charge in [0.05, 0.1) is 10.6 Å². The summed E-state index contributed by atoms with van der Waals surface area (Å²) in [5, 5.41) is 4.52. The van der Waals surface area contributed by atoms with E-state index in [1.54, 1.807) is 20.8 Å². The number of anilines is 1. The number of rotatable bonds is 3. The van der Waals surface area contributed by atoms with Gasteiger partial charge in [0, 0.05) is 18.3 Å². The van der Waals surface area contributed by atoms with E-state index in [4.69, 9.17) is 11.6 Å². The molecule has 0 aromatic heterocycles. The molecular weight excluding hydrogens is 347 g/mol. The van der Waals surface area contributed by atoms with Crippen molar-refractivity contribution in [3.8, 4) is 0 Å². The maximum Gasteiger partial charge on any atom is 0.417 e. The van der Waals surface area contributed by atoms with E-state index in [1.807, 2.05) is 0 Å². The molecule has 0 saturated heterocycles. The molecule has 1 aromatic carbocycles. The third-order valence-electron chi connectivity index (χ3n) is 2.76. The van der Waals surface area contributed by atoms with Crippen molar-refractivity contribution in [1.29, 1.82) is 0 Å². The molecule has 24 heavy (non-hydrogen) atoms. The molecule has 0 fully saturated rings. The molecule has 0 unspecified atom stereocenters. The summed E-state index contributed by atoms with van der Waals surface area (Å²) < 4.78 is 38.4. The van der Waals surface area contributed by atoms with Crippen LogP contribution in [0.5, 0.6) is 0 Å². The van der Waals surface area contributed by atoms with Crippen LogP contribution in [0, 0.1) is 0 Å². The molecule has 0 aliphatic heterocycles. The normalized spacial score (nSPS) is 11.8. The number of nitrogens with zero attached hydrogens (tertiary/aromatic N) is 1. The number of alkyl halides is 3. The molecule has 1 aromatic rings. The summed E-state index contributed by atoms with van der Waals surface area (Å²) in [4.78, 5) is 24.8. The lowest BCUT2D eigenvalue weighted by Crippen LogP contribution is -2.47. The van der Waals surface area contributed by atoms with Crippen molar-refractivity contribution >= 4 is 29.2 Å². The zero-order valence-electron chi connectivity index (χ0n) is 13.7. The lowest BCUT2D eigenvalue weighted by atomic mass is 10.1. The van der Waals surface area contributed by atoms with Gasteiger partial charge in [0.25, 0.3) is 0 Å². The number of likely N-dealkylation sites (N-methyl/N-ethyl adjacent to an activating group) is 1. The van der Waals surface area contributed by atoms with Crippen LogP contribution in [0.2, 0.25) is 5.02 Å². The molecule has 0 bridgehead atoms. The van der Waals surface area contributed by atoms with Crippen molar-refractivity contribution in [2.75, 3.05) is 18.9 Å². The summed E-state index contributed by atoms with van der Waals surface area (Å²) in [6, 6.07) is 2.32. The molecule has 0 radical (unpaired) electrons. The molecule has 0 heterocycles. The Morgan fingerprint density at radius 2 is 1.79 bits per heavy atom. The predicted octanol–water partition coefficient (Wildman–Crippen LogP) is 3.74. The molecule has 0 atom stereocenters. The monoisotopic (exact) mass is 365 g/mol. The fourth-order valence-electron chi connectivity index (χ4n) is 1.78. The minimum atomic E-state index is -4.63. The quantitative estimate of drug-likeness (QED) is 0.857. The van der Waals surface area contributed by atoms with Gasteiger partial charge in [0.15, 0.2) is 0 Å². The van der Waals surface area contributed by atoms with Gasteiger partial charge in [0.2, 0.25) is 5.91 Å². The third-order valence-corrected chi connectivity index (χ3v) is 3.09. The van der Waals surface area contributed by atoms with Crippen LogP contribution in [0.4, 0.5) is 23.7 Å². The molecule has 9 heteroatoms. The highest BCUT2D eigenvalue weighted by Gasteiger charge is 2.33. The van der Waals surface area contributed by atoms with Crippen molar-refractivity contribution in [3.05, 3.63) is 28.8 Å². The van der Waals surface area contributed by atoms with E-state index in [1.165, 1.54) is 13.1 Å². The van der Waals surface area contributed by atoms with Crippen LogP contribution in [0.15, 0.2) is 18.2 Å². The molecule has 1 rings (SSSR count). The van der Waals surface area contributed by atoms with Crippen LogP contribution in [0.1, 0.15) is 26.3 Å². The summed E-state index contributed by atoms with van der Waals surface area (Å²) in [6.07, 6.45) is -4.63. The number of amides is 3. The lowest BCUT2D eigenvalue weighted by Gasteiger charge is -2.23. The summed E-state index contributed by atoms with van der Waals surface area (Å²) >= 11 is 5.51. The van der Waals surface area contributed by atoms with Crippen molar-refractivity contribution in [1.82, 2.24) is 10.2 Å². The maximum absolute atomic E-state index is 12.8. The van der Waals surface area contributed by atoms with E-state index < -0.39 is 28.3 Å². The van der Waals surface area contributed by atoms with E-state index in [2.05, 4.69) is 10.6 Å². The Morgan fingerprint density at radius 3 is 2.29 bits per heavy atom. The van der Waals surface area contributed by atoms with Gasteiger partial charge in [-0.3, -0.25) is 4.79 Å². The fraction of sp³-hybridized carbons (Fsp3) is 0.467. The van der Waals surface area contributed by atoms with Crippen molar-refractivity contribution in [3.63, 3.8) is 0 Å². The average molecular weight is 366 g/mol. The first-order chi connectivity index (χ1) is 10.8. The number of carbonyl (C=O) groups is 2. The molecule has 0 spiro atoms. The Labute approximate surface area is 143 Å². The van der Waals surface area contributed by atoms with E-state index >= 15 is 0 Å². The second-order valence-corrected chi connectivity index (χ2v) is 6.68. The van der Waals surface area contributed by atoms with Gasteiger partial charge < -0.3 is 15.5 Å². The molecule has 0 saturated carbocycles. The summed E-state index contributed by atoms with van der Waals surface area (Å²) in [5.41, 5.74) is -1.57. The first kappa shape index (κ1) is 20.1. The summed E-state index contributed by atoms with van der Waals surface area (Å²) in [6.45, 7) is 5.13. The number of nitrogens with one attached hydrogen (secondary N) is 2. The number of benzene rings is 1. The smallest absolute Gasteiger partial charge is 0.350 e. The molecule has 3 amide bonds. The Bertz CT molecular complexity index is 627. The summed E-state index contributed by atoms with van der Waals surface area (Å²) in [7, 11) is 1.36. The van der Waals surface area contributed by atoms with E-state index in [0.29, 0.717) is 0 Å². The largest absolute Gasteiger partial charge is 0.417 e. The fourth-order valence-corrected chi connectivity index (χ4v) is 2.01. The van der Waals surface area contributed by atoms with Crippen LogP contribution in [-0.4, -0.2) is 36.0 Å². The van der Waals surface area contributed by atoms with Crippen LogP contribution >= 0.6 is 11.6 Å². The Balaban J connectivity index is 2.76. The highest BCUT2D eigenvalue weighted by Crippen LogP contribution is 2.36. The standard InChI is InChI=1S/C15H19ClF3N3O2/c1-14(2,3)21-12(23)8-22(4)13(24)20-9-5-6-11(16)10(7-9)15(17,18)19/h5-7H,8H2,1-4H3,(H,20,24)(H,21,23). The lowest BCUT2D eigenvalue weighted by molar-refractivity contribution is -0.137. The molecule has 134 valence electrons. The number of halogens is 4. The minimum Gasteiger partial charge on any atom is -0.350 e. The van der Waals surface area contributed by atoms with Crippen LogP contribution in [0.25, 0.3) is 0 Å². The van der Waals surface area contributed by atoms with Gasteiger partial charge in [-0.1, -0.05) is 11.6 Å². The van der Waals surface area contributed by atoms with Crippen LogP contribution < -0.4 is 10.6 Å². The van der Waals surface area contributed by atoms with Gasteiger partial charge in [0.1, 0.15) is 6.54 Å². The Kier molecular flexibility index (Phi) is 6.10. The second-order valence-electron chi connectivity index (χ2n) is 6.28. The summed E-state index contributed by atoms with van der Waals surface area (Å²) in [5.74, 6) is -0.382. The first-order valence-electron chi connectivity index (χ1n) is 6.99. The zero-order valence-corrected chi connectivity index (χ0v) is 14.5. The number of urea groups is 1. The van der Waals surface area contributed by atoms with E-state index in [0.717, 1.165) is 17.0 Å². The van der Waals surface area contributed by atoms with Crippen molar-refractivity contribution in [2.24, 2.45) is 0 Å². The van der Waals surface area contributed by atoms with Gasteiger partial charge >= 0.3 is 12.2 Å². The van der Waals surface area contributed by atoms with Gasteiger partial charge in [-0.2, -0.15) is 13.2 Å². The molecular formula is C15H19ClF3N3O2. The minimum absolute atomic E-state index is 0.0696. The predicted molar refractivity (Wildman–Crippen MR) is 86.0 cm³/mol. The van der Waals surface area contributed by atoms with Crippen LogP contribution in [-0.2, 0) is 11.0 Å². The SMILES string of the molecule is CN(CC(=O)NC(C)(C)C)C(=O)Nc1ccc(Cl)c(C(F)(F)F)c1. The van der Waals surface area contributed by atoms with Gasteiger partial charge in [-0.05, 0) is 39.0 Å². The molecule has 2 N–H and O–H groups in total. The van der Waals surface area contributed by atoms with E-state index in [-0.39, 0.29) is 18.1 Å². The second kappa shape index (κ2) is 7.29. The molecule has 5 nitrogen and oxygen atoms in total. The van der Waals surface area contributed by atoms with Crippen molar-refractivity contribution in [2.45, 2.75) is 32.5 Å². The number of hydrogen-bond acceptors (Lipinski definition) is 2. The number of carbonyl (C=O) groups excluding carboxylic acids is 2. The maximum atomic E-state index is 12.8. The van der Waals surface area contributed by atoms with E-state index in [9.17, 15) is 22.8 Å². The highest BCUT2D eigenvalue weighted by molar-refractivity contribution is 6.31. The zero-order chi connectivity index (χ0) is 18.7.